The second-order valence-corrected chi connectivity index (χ2v) is 3.22. The topological polar surface area (TPSA) is 29.5 Å². The molecule has 0 heterocycles. The minimum atomic E-state index is -0.640. The lowest BCUT2D eigenvalue weighted by Gasteiger charge is -2.05. The summed E-state index contributed by atoms with van der Waals surface area (Å²) < 4.78 is 4.98. The molecule has 0 aliphatic carbocycles. The Morgan fingerprint density at radius 2 is 2.07 bits per heavy atom. The first-order valence-electron chi connectivity index (χ1n) is 4.46. The van der Waals surface area contributed by atoms with Crippen LogP contribution in [0.2, 0.25) is 5.02 Å². The van der Waals surface area contributed by atoms with Crippen molar-refractivity contribution >= 4 is 11.6 Å². The summed E-state index contributed by atoms with van der Waals surface area (Å²) in [4.78, 5) is 0. The van der Waals surface area contributed by atoms with Crippen LogP contribution in [0.5, 0.6) is 0 Å². The van der Waals surface area contributed by atoms with Gasteiger partial charge in [0.2, 0.25) is 0 Å². The average Bonchev–Trinajstić information content (AvgIpc) is 2.19. The van der Waals surface area contributed by atoms with Gasteiger partial charge in [-0.1, -0.05) is 23.7 Å². The Kier molecular flexibility index (Phi) is 4.50. The van der Waals surface area contributed by atoms with E-state index in [2.05, 4.69) is 0 Å². The molecule has 0 radical (unpaired) electrons. The Balaban J connectivity index is 2.60. The summed E-state index contributed by atoms with van der Waals surface area (Å²) in [5.74, 6) is 0. The van der Waals surface area contributed by atoms with Crippen molar-refractivity contribution in [1.29, 1.82) is 0 Å². The summed E-state index contributed by atoms with van der Waals surface area (Å²) in [6.45, 7) is 2.49. The van der Waals surface area contributed by atoms with Crippen molar-refractivity contribution in [3.63, 3.8) is 0 Å². The fourth-order valence-corrected chi connectivity index (χ4v) is 1.12. The van der Waals surface area contributed by atoms with E-state index < -0.39 is 6.10 Å². The number of hydrogen-bond donors (Lipinski definition) is 1. The van der Waals surface area contributed by atoms with Crippen LogP contribution < -0.4 is 0 Å². The zero-order valence-electron chi connectivity index (χ0n) is 7.98. The first-order chi connectivity index (χ1) is 6.74. The van der Waals surface area contributed by atoms with Crippen LogP contribution in [0.15, 0.2) is 36.6 Å². The quantitative estimate of drug-likeness (QED) is 0.778. The van der Waals surface area contributed by atoms with E-state index in [0.717, 1.165) is 5.56 Å². The second-order valence-electron chi connectivity index (χ2n) is 2.78. The lowest BCUT2D eigenvalue weighted by atomic mass is 10.1. The molecule has 0 saturated heterocycles. The summed E-state index contributed by atoms with van der Waals surface area (Å²) in [6, 6.07) is 7.05. The number of hydrogen-bond acceptors (Lipinski definition) is 2. The zero-order chi connectivity index (χ0) is 10.4. The van der Waals surface area contributed by atoms with E-state index in [1.54, 1.807) is 30.3 Å². The van der Waals surface area contributed by atoms with E-state index >= 15 is 0 Å². The lowest BCUT2D eigenvalue weighted by molar-refractivity contribution is 0.214. The molecule has 0 aromatic heterocycles. The van der Waals surface area contributed by atoms with Gasteiger partial charge in [0.05, 0.1) is 12.9 Å². The highest BCUT2D eigenvalue weighted by Gasteiger charge is 2.01. The lowest BCUT2D eigenvalue weighted by Crippen LogP contribution is -1.92. The summed E-state index contributed by atoms with van der Waals surface area (Å²) >= 11 is 5.72. The highest BCUT2D eigenvalue weighted by molar-refractivity contribution is 6.30. The highest BCUT2D eigenvalue weighted by Crippen LogP contribution is 2.17. The van der Waals surface area contributed by atoms with Crippen molar-refractivity contribution in [2.24, 2.45) is 0 Å². The van der Waals surface area contributed by atoms with Gasteiger partial charge in [0.1, 0.15) is 6.10 Å². The fourth-order valence-electron chi connectivity index (χ4n) is 0.997. The van der Waals surface area contributed by atoms with Crippen LogP contribution >= 0.6 is 11.6 Å². The predicted molar refractivity (Wildman–Crippen MR) is 57.2 cm³/mol. The molecule has 0 bridgehead atoms. The summed E-state index contributed by atoms with van der Waals surface area (Å²) in [5, 5.41) is 10.3. The number of ether oxygens (including phenoxy) is 1. The molecule has 0 amide bonds. The Morgan fingerprint density at radius 1 is 1.43 bits per heavy atom. The zero-order valence-corrected chi connectivity index (χ0v) is 8.74. The molecule has 2 nitrogen and oxygen atoms in total. The largest absolute Gasteiger partial charge is 0.502 e. The molecule has 1 aromatic carbocycles. The Hall–Kier alpha value is -0.990. The Morgan fingerprint density at radius 3 is 2.64 bits per heavy atom. The van der Waals surface area contributed by atoms with E-state index in [-0.39, 0.29) is 0 Å². The maximum absolute atomic E-state index is 9.63. The van der Waals surface area contributed by atoms with Crippen LogP contribution in [0.25, 0.3) is 0 Å². The third-order valence-corrected chi connectivity index (χ3v) is 1.99. The minimum Gasteiger partial charge on any atom is -0.502 e. The van der Waals surface area contributed by atoms with Gasteiger partial charge in [0, 0.05) is 5.02 Å². The normalized spacial score (nSPS) is 13.1. The molecule has 14 heavy (non-hydrogen) atoms. The van der Waals surface area contributed by atoms with Crippen LogP contribution in [0.3, 0.4) is 0 Å². The van der Waals surface area contributed by atoms with Gasteiger partial charge in [-0.05, 0) is 30.7 Å². The summed E-state index contributed by atoms with van der Waals surface area (Å²) in [6.07, 6.45) is 2.45. The first-order valence-corrected chi connectivity index (χ1v) is 4.83. The summed E-state index contributed by atoms with van der Waals surface area (Å²) in [7, 11) is 0. The molecule has 3 heteroatoms. The van der Waals surface area contributed by atoms with Gasteiger partial charge in [-0.15, -0.1) is 0 Å². The number of halogens is 1. The molecular weight excluding hydrogens is 200 g/mol. The van der Waals surface area contributed by atoms with E-state index in [9.17, 15) is 5.11 Å². The van der Waals surface area contributed by atoms with E-state index in [1.807, 2.05) is 6.92 Å². The van der Waals surface area contributed by atoms with Gasteiger partial charge in [0.25, 0.3) is 0 Å². The molecule has 1 N–H and O–H groups in total. The molecule has 0 fully saturated rings. The van der Waals surface area contributed by atoms with Crippen molar-refractivity contribution in [2.45, 2.75) is 13.0 Å². The van der Waals surface area contributed by atoms with Crippen molar-refractivity contribution in [2.75, 3.05) is 6.61 Å². The van der Waals surface area contributed by atoms with Gasteiger partial charge in [-0.25, -0.2) is 0 Å². The minimum absolute atomic E-state index is 0.601. The molecule has 0 spiro atoms. The smallest absolute Gasteiger partial charge is 0.100 e. The van der Waals surface area contributed by atoms with E-state index in [0.29, 0.717) is 11.6 Å². The van der Waals surface area contributed by atoms with Crippen molar-refractivity contribution < 1.29 is 9.84 Å². The molecular formula is C11H13ClO2. The molecule has 76 valence electrons. The van der Waals surface area contributed by atoms with Crippen molar-refractivity contribution in [3.05, 3.63) is 47.2 Å². The van der Waals surface area contributed by atoms with Gasteiger partial charge >= 0.3 is 0 Å². The second kappa shape index (κ2) is 5.68. The summed E-state index contributed by atoms with van der Waals surface area (Å²) in [5.41, 5.74) is 0.797. The molecule has 0 aliphatic rings. The van der Waals surface area contributed by atoms with Crippen molar-refractivity contribution in [1.82, 2.24) is 0 Å². The van der Waals surface area contributed by atoms with Crippen LogP contribution in [0.4, 0.5) is 0 Å². The van der Waals surface area contributed by atoms with Crippen molar-refractivity contribution in [3.8, 4) is 0 Å². The molecule has 0 aliphatic heterocycles. The number of aliphatic hydroxyl groups excluding tert-OH is 1. The maximum Gasteiger partial charge on any atom is 0.100 e. The molecule has 0 unspecified atom stereocenters. The molecule has 1 aromatic rings. The standard InChI is InChI=1S/C11H13ClO2/c1-2-14-8-7-11(13)9-3-5-10(12)6-4-9/h3-8,11,13H,2H2,1H3/b8-7+/t11-/m0/s1. The number of aliphatic hydroxyl groups is 1. The Labute approximate surface area is 88.8 Å². The SMILES string of the molecule is CCO/C=C/[C@H](O)c1ccc(Cl)cc1. The first kappa shape index (κ1) is 11.1. The Bertz CT molecular complexity index is 293. The van der Waals surface area contributed by atoms with Gasteiger partial charge in [0.15, 0.2) is 0 Å². The predicted octanol–water partition coefficient (Wildman–Crippen LogP) is 2.92. The van der Waals surface area contributed by atoms with Gasteiger partial charge in [-0.2, -0.15) is 0 Å². The third kappa shape index (κ3) is 3.40. The fraction of sp³-hybridized carbons (Fsp3) is 0.273. The molecule has 1 rings (SSSR count). The number of rotatable bonds is 4. The molecule has 1 atom stereocenters. The molecule has 0 saturated carbocycles. The maximum atomic E-state index is 9.63. The monoisotopic (exact) mass is 212 g/mol. The van der Waals surface area contributed by atoms with Crippen LogP contribution in [-0.4, -0.2) is 11.7 Å². The van der Waals surface area contributed by atoms with Crippen LogP contribution in [0, 0.1) is 0 Å². The number of benzene rings is 1. The van der Waals surface area contributed by atoms with E-state index in [4.69, 9.17) is 16.3 Å². The van der Waals surface area contributed by atoms with Gasteiger partial charge < -0.3 is 9.84 Å². The average molecular weight is 213 g/mol. The van der Waals surface area contributed by atoms with E-state index in [1.165, 1.54) is 6.26 Å². The van der Waals surface area contributed by atoms with Crippen LogP contribution in [-0.2, 0) is 4.74 Å². The highest BCUT2D eigenvalue weighted by atomic mass is 35.5. The van der Waals surface area contributed by atoms with Gasteiger partial charge in [-0.3, -0.25) is 0 Å². The third-order valence-electron chi connectivity index (χ3n) is 1.74. The van der Waals surface area contributed by atoms with Crippen LogP contribution in [0.1, 0.15) is 18.6 Å².